The van der Waals surface area contributed by atoms with Gasteiger partial charge in [-0.15, -0.1) is 10.2 Å². The highest BCUT2D eigenvalue weighted by Gasteiger charge is 2.35. The number of nitrogens with one attached hydrogen (secondary N) is 1. The number of nitrogens with zero attached hydrogens (tertiary/aromatic N) is 3. The van der Waals surface area contributed by atoms with E-state index in [0.717, 1.165) is 6.07 Å². The number of nitrogens with two attached hydrogens (primary N) is 1. The van der Waals surface area contributed by atoms with Crippen molar-refractivity contribution in [2.75, 3.05) is 18.0 Å². The Kier molecular flexibility index (Phi) is 3.58. The van der Waals surface area contributed by atoms with Crippen molar-refractivity contribution >= 4 is 11.7 Å². The van der Waals surface area contributed by atoms with Crippen LogP contribution in [0.2, 0.25) is 0 Å². The van der Waals surface area contributed by atoms with Crippen LogP contribution in [-0.4, -0.2) is 29.1 Å². The van der Waals surface area contributed by atoms with Crippen LogP contribution < -0.4 is 10.6 Å². The first kappa shape index (κ1) is 14.5. The van der Waals surface area contributed by atoms with Crippen LogP contribution in [0.4, 0.5) is 19.0 Å². The van der Waals surface area contributed by atoms with Gasteiger partial charge in [-0.1, -0.05) is 6.92 Å². The topological polar surface area (TPSA) is 78.9 Å². The Morgan fingerprint density at radius 2 is 1.90 bits per heavy atom. The summed E-state index contributed by atoms with van der Waals surface area (Å²) in [5.41, 5.74) is 4.23. The molecule has 5 nitrogen and oxygen atoms in total. The zero-order valence-corrected chi connectivity index (χ0v) is 11.0. The number of halogens is 3. The molecule has 2 rings (SSSR count). The Bertz CT molecular complexity index is 489. The van der Waals surface area contributed by atoms with E-state index in [-0.39, 0.29) is 11.3 Å². The minimum Gasteiger partial charge on any atom is -0.387 e. The molecule has 1 aliphatic heterocycles. The van der Waals surface area contributed by atoms with Crippen molar-refractivity contribution in [1.82, 2.24) is 10.2 Å². The van der Waals surface area contributed by atoms with Crippen LogP contribution in [0.3, 0.4) is 0 Å². The van der Waals surface area contributed by atoms with Crippen molar-refractivity contribution in [3.05, 3.63) is 17.8 Å². The van der Waals surface area contributed by atoms with Crippen LogP contribution in [0.5, 0.6) is 0 Å². The van der Waals surface area contributed by atoms with E-state index < -0.39 is 11.9 Å². The average molecular weight is 287 g/mol. The zero-order chi connectivity index (χ0) is 15.0. The van der Waals surface area contributed by atoms with Crippen molar-refractivity contribution in [2.45, 2.75) is 25.9 Å². The number of alkyl halides is 3. The fourth-order valence-electron chi connectivity index (χ4n) is 2.14. The Morgan fingerprint density at radius 3 is 2.30 bits per heavy atom. The van der Waals surface area contributed by atoms with Crippen LogP contribution in [0.25, 0.3) is 0 Å². The van der Waals surface area contributed by atoms with E-state index in [9.17, 15) is 13.2 Å². The van der Waals surface area contributed by atoms with E-state index >= 15 is 0 Å². The maximum Gasteiger partial charge on any atom is 0.435 e. The van der Waals surface area contributed by atoms with Gasteiger partial charge in [-0.2, -0.15) is 13.2 Å². The third kappa shape index (κ3) is 2.83. The Labute approximate surface area is 114 Å². The number of amidine groups is 1. The molecule has 1 aromatic heterocycles. The summed E-state index contributed by atoms with van der Waals surface area (Å²) in [5.74, 6) is 0.569. The number of hydrogen-bond donors (Lipinski definition) is 2. The second kappa shape index (κ2) is 4.92. The molecule has 8 heteroatoms. The van der Waals surface area contributed by atoms with Crippen LogP contribution >= 0.6 is 0 Å². The van der Waals surface area contributed by atoms with Crippen molar-refractivity contribution < 1.29 is 13.2 Å². The van der Waals surface area contributed by atoms with E-state index in [1.165, 1.54) is 6.07 Å². The highest BCUT2D eigenvalue weighted by atomic mass is 19.4. The van der Waals surface area contributed by atoms with E-state index in [2.05, 4.69) is 10.2 Å². The fourth-order valence-corrected chi connectivity index (χ4v) is 2.14. The summed E-state index contributed by atoms with van der Waals surface area (Å²) in [6.45, 7) is 3.11. The standard InChI is InChI=1S/C12H16F3N5/c1-11(10(16)17)4-6-20(7-5-11)9-3-2-8(18-19-9)12(13,14)15/h2-3H,4-7H2,1H3,(H3,16,17). The second-order valence-electron chi connectivity index (χ2n) is 5.24. The van der Waals surface area contributed by atoms with Crippen molar-refractivity contribution in [3.8, 4) is 0 Å². The smallest absolute Gasteiger partial charge is 0.387 e. The molecule has 0 aromatic carbocycles. The molecule has 1 aliphatic rings. The van der Waals surface area contributed by atoms with Gasteiger partial charge < -0.3 is 10.6 Å². The predicted molar refractivity (Wildman–Crippen MR) is 68.5 cm³/mol. The third-order valence-corrected chi connectivity index (χ3v) is 3.78. The number of rotatable bonds is 2. The predicted octanol–water partition coefficient (Wildman–Crippen LogP) is 2.04. The lowest BCUT2D eigenvalue weighted by Crippen LogP contribution is -2.45. The first-order chi connectivity index (χ1) is 9.22. The molecule has 3 N–H and O–H groups in total. The third-order valence-electron chi connectivity index (χ3n) is 3.78. The Balaban J connectivity index is 2.06. The second-order valence-corrected chi connectivity index (χ2v) is 5.24. The molecular weight excluding hydrogens is 271 g/mol. The normalized spacial score (nSPS) is 18.9. The lowest BCUT2D eigenvalue weighted by molar-refractivity contribution is -0.141. The molecule has 1 fully saturated rings. The van der Waals surface area contributed by atoms with Gasteiger partial charge in [-0.25, -0.2) is 0 Å². The largest absolute Gasteiger partial charge is 0.435 e. The Hall–Kier alpha value is -1.86. The van der Waals surface area contributed by atoms with E-state index in [1.54, 1.807) is 0 Å². The number of piperidine rings is 1. The molecular formula is C12H16F3N5. The SMILES string of the molecule is CC1(C(=N)N)CCN(c2ccc(C(F)(F)F)nn2)CC1. The summed E-state index contributed by atoms with van der Waals surface area (Å²) in [4.78, 5) is 1.86. The van der Waals surface area contributed by atoms with Gasteiger partial charge in [0, 0.05) is 18.5 Å². The summed E-state index contributed by atoms with van der Waals surface area (Å²) >= 11 is 0. The van der Waals surface area contributed by atoms with Gasteiger partial charge in [-0.3, -0.25) is 5.41 Å². The first-order valence-electron chi connectivity index (χ1n) is 6.23. The van der Waals surface area contributed by atoms with Crippen LogP contribution in [0.1, 0.15) is 25.5 Å². The Morgan fingerprint density at radius 1 is 1.30 bits per heavy atom. The van der Waals surface area contributed by atoms with Gasteiger partial charge in [0.25, 0.3) is 0 Å². The first-order valence-corrected chi connectivity index (χ1v) is 6.23. The summed E-state index contributed by atoms with van der Waals surface area (Å²) in [6.07, 6.45) is -3.13. The molecule has 0 amide bonds. The van der Waals surface area contributed by atoms with Gasteiger partial charge in [0.1, 0.15) is 0 Å². The molecule has 0 radical (unpaired) electrons. The van der Waals surface area contributed by atoms with Crippen molar-refractivity contribution in [1.29, 1.82) is 5.41 Å². The molecule has 2 heterocycles. The zero-order valence-electron chi connectivity index (χ0n) is 11.0. The van der Waals surface area contributed by atoms with Crippen molar-refractivity contribution in [2.24, 2.45) is 11.1 Å². The number of aromatic nitrogens is 2. The molecule has 0 atom stereocenters. The number of hydrogen-bond acceptors (Lipinski definition) is 4. The van der Waals surface area contributed by atoms with Gasteiger partial charge in [-0.05, 0) is 25.0 Å². The van der Waals surface area contributed by atoms with Crippen molar-refractivity contribution in [3.63, 3.8) is 0 Å². The van der Waals surface area contributed by atoms with Gasteiger partial charge in [0.2, 0.25) is 0 Å². The summed E-state index contributed by atoms with van der Waals surface area (Å²) in [5, 5.41) is 14.4. The monoisotopic (exact) mass is 287 g/mol. The quantitative estimate of drug-likeness (QED) is 0.644. The lowest BCUT2D eigenvalue weighted by atomic mass is 9.79. The van der Waals surface area contributed by atoms with E-state index in [4.69, 9.17) is 11.1 Å². The molecule has 0 unspecified atom stereocenters. The summed E-state index contributed by atoms with van der Waals surface area (Å²) < 4.78 is 37.2. The van der Waals surface area contributed by atoms with Gasteiger partial charge in [0.15, 0.2) is 11.5 Å². The molecule has 1 aromatic rings. The fraction of sp³-hybridized carbons (Fsp3) is 0.583. The maximum absolute atomic E-state index is 12.4. The molecule has 0 bridgehead atoms. The molecule has 0 aliphatic carbocycles. The molecule has 0 spiro atoms. The minimum atomic E-state index is -4.47. The molecule has 0 saturated carbocycles. The van der Waals surface area contributed by atoms with E-state index in [0.29, 0.717) is 31.7 Å². The van der Waals surface area contributed by atoms with Gasteiger partial charge >= 0.3 is 6.18 Å². The number of anilines is 1. The average Bonchev–Trinajstić information content (AvgIpc) is 2.38. The summed E-state index contributed by atoms with van der Waals surface area (Å²) in [7, 11) is 0. The summed E-state index contributed by atoms with van der Waals surface area (Å²) in [6, 6.07) is 2.26. The minimum absolute atomic E-state index is 0.149. The lowest BCUT2D eigenvalue weighted by Gasteiger charge is -2.38. The molecule has 20 heavy (non-hydrogen) atoms. The highest BCUT2D eigenvalue weighted by Crippen LogP contribution is 2.33. The van der Waals surface area contributed by atoms with Crippen LogP contribution in [0.15, 0.2) is 12.1 Å². The van der Waals surface area contributed by atoms with Crippen LogP contribution in [0, 0.1) is 10.8 Å². The molecule has 110 valence electrons. The molecule has 1 saturated heterocycles. The van der Waals surface area contributed by atoms with Crippen LogP contribution in [-0.2, 0) is 6.18 Å². The maximum atomic E-state index is 12.4. The van der Waals surface area contributed by atoms with E-state index in [1.807, 2.05) is 11.8 Å². The highest BCUT2D eigenvalue weighted by molar-refractivity contribution is 5.83. The van der Waals surface area contributed by atoms with Gasteiger partial charge in [0.05, 0.1) is 5.84 Å².